The molecule has 1 amide bonds. The third-order valence-electron chi connectivity index (χ3n) is 3.22. The van der Waals surface area contributed by atoms with Gasteiger partial charge in [0.05, 0.1) is 10.4 Å². The van der Waals surface area contributed by atoms with Gasteiger partial charge in [0, 0.05) is 11.7 Å². The quantitative estimate of drug-likeness (QED) is 0.758. The first-order valence-corrected chi connectivity index (χ1v) is 8.31. The minimum Gasteiger partial charge on any atom is -0.324 e. The van der Waals surface area contributed by atoms with Crippen molar-refractivity contribution in [3.63, 3.8) is 0 Å². The second-order valence-corrected chi connectivity index (χ2v) is 7.73. The van der Waals surface area contributed by atoms with Gasteiger partial charge in [-0.3, -0.25) is 4.79 Å². The molecule has 0 radical (unpaired) electrons. The van der Waals surface area contributed by atoms with Gasteiger partial charge in [-0.1, -0.05) is 6.07 Å². The number of nitrogens with two attached hydrogens (primary N) is 1. The number of carbonyl (C=O) groups is 1. The first-order chi connectivity index (χ1) is 9.59. The fraction of sp³-hybridized carbons (Fsp3) is 0.500. The summed E-state index contributed by atoms with van der Waals surface area (Å²) in [5.41, 5.74) is 5.73. The monoisotopic (exact) mass is 311 g/mol. The predicted molar refractivity (Wildman–Crippen MR) is 81.4 cm³/mol. The molecule has 1 aliphatic carbocycles. The van der Waals surface area contributed by atoms with Crippen LogP contribution < -0.4 is 15.8 Å². The van der Waals surface area contributed by atoms with Crippen LogP contribution in [0.25, 0.3) is 0 Å². The highest BCUT2D eigenvalue weighted by Gasteiger charge is 2.29. The van der Waals surface area contributed by atoms with Gasteiger partial charge in [-0.05, 0) is 51.3 Å². The molecule has 1 aromatic rings. The molecule has 0 bridgehead atoms. The molecule has 1 aliphatic rings. The summed E-state index contributed by atoms with van der Waals surface area (Å²) < 4.78 is 27.2. The molecule has 0 unspecified atom stereocenters. The molecular weight excluding hydrogens is 290 g/mol. The van der Waals surface area contributed by atoms with Crippen molar-refractivity contribution >= 4 is 21.6 Å². The number of sulfonamides is 1. The summed E-state index contributed by atoms with van der Waals surface area (Å²) in [6.07, 6.45) is 1.74. The number of aryl methyl sites for hydroxylation is 1. The largest absolute Gasteiger partial charge is 0.324 e. The van der Waals surface area contributed by atoms with Gasteiger partial charge < -0.3 is 11.1 Å². The molecule has 1 fully saturated rings. The Morgan fingerprint density at radius 3 is 2.48 bits per heavy atom. The van der Waals surface area contributed by atoms with Gasteiger partial charge in [0.15, 0.2) is 0 Å². The number of hydrogen-bond acceptors (Lipinski definition) is 4. The molecule has 0 atom stereocenters. The van der Waals surface area contributed by atoms with E-state index in [2.05, 4.69) is 10.0 Å². The normalized spacial score (nSPS) is 15.8. The average molecular weight is 311 g/mol. The maximum Gasteiger partial charge on any atom is 0.243 e. The van der Waals surface area contributed by atoms with E-state index in [0.717, 1.165) is 12.8 Å². The van der Waals surface area contributed by atoms with Gasteiger partial charge in [-0.2, -0.15) is 0 Å². The summed E-state index contributed by atoms with van der Waals surface area (Å²) in [6.45, 7) is 4.89. The summed E-state index contributed by atoms with van der Waals surface area (Å²) in [4.78, 5) is 12.0. The Labute approximate surface area is 125 Å². The lowest BCUT2D eigenvalue weighted by Gasteiger charge is -2.18. The summed E-state index contributed by atoms with van der Waals surface area (Å²) >= 11 is 0. The number of nitrogens with one attached hydrogen (secondary N) is 2. The second-order valence-electron chi connectivity index (χ2n) is 6.05. The van der Waals surface area contributed by atoms with E-state index < -0.39 is 15.6 Å². The second kappa shape index (κ2) is 5.40. The van der Waals surface area contributed by atoms with E-state index in [-0.39, 0.29) is 16.8 Å². The molecule has 21 heavy (non-hydrogen) atoms. The molecule has 0 aromatic heterocycles. The van der Waals surface area contributed by atoms with E-state index in [4.69, 9.17) is 5.73 Å². The molecule has 1 aromatic carbocycles. The molecule has 0 spiro atoms. The molecule has 1 saturated carbocycles. The highest BCUT2D eigenvalue weighted by molar-refractivity contribution is 7.89. The Balaban J connectivity index is 2.27. The maximum atomic E-state index is 12.3. The van der Waals surface area contributed by atoms with Crippen LogP contribution in [0.4, 0.5) is 5.69 Å². The highest BCUT2D eigenvalue weighted by Crippen LogP contribution is 2.25. The Bertz CT molecular complexity index is 659. The van der Waals surface area contributed by atoms with E-state index >= 15 is 0 Å². The first kappa shape index (κ1) is 15.9. The molecular formula is C14H21N3O3S. The SMILES string of the molecule is Cc1ccc(NC(=O)C(C)(C)N)cc1S(=O)(=O)NC1CC1. The van der Waals surface area contributed by atoms with Crippen LogP contribution >= 0.6 is 0 Å². The number of amides is 1. The molecule has 116 valence electrons. The topological polar surface area (TPSA) is 101 Å². The molecule has 4 N–H and O–H groups in total. The molecule has 0 aliphatic heterocycles. The Morgan fingerprint density at radius 2 is 1.95 bits per heavy atom. The van der Waals surface area contributed by atoms with Crippen LogP contribution in [0.2, 0.25) is 0 Å². The van der Waals surface area contributed by atoms with Crippen LogP contribution in [0.3, 0.4) is 0 Å². The number of rotatable bonds is 5. The molecule has 6 nitrogen and oxygen atoms in total. The minimum atomic E-state index is -3.55. The van der Waals surface area contributed by atoms with Crippen molar-refractivity contribution in [3.8, 4) is 0 Å². The number of benzene rings is 1. The molecule has 2 rings (SSSR count). The van der Waals surface area contributed by atoms with Gasteiger partial charge in [0.1, 0.15) is 0 Å². The zero-order valence-corrected chi connectivity index (χ0v) is 13.3. The minimum absolute atomic E-state index is 0.0376. The van der Waals surface area contributed by atoms with E-state index in [0.29, 0.717) is 11.3 Å². The van der Waals surface area contributed by atoms with Crippen molar-refractivity contribution in [2.75, 3.05) is 5.32 Å². The maximum absolute atomic E-state index is 12.3. The zero-order chi connectivity index (χ0) is 15.8. The third-order valence-corrected chi connectivity index (χ3v) is 4.88. The summed E-state index contributed by atoms with van der Waals surface area (Å²) in [6, 6.07) is 4.83. The van der Waals surface area contributed by atoms with Crippen molar-refractivity contribution < 1.29 is 13.2 Å². The molecule has 0 saturated heterocycles. The van der Waals surface area contributed by atoms with Gasteiger partial charge >= 0.3 is 0 Å². The van der Waals surface area contributed by atoms with Crippen LogP contribution in [0.1, 0.15) is 32.3 Å². The van der Waals surface area contributed by atoms with E-state index in [1.807, 2.05) is 0 Å². The lowest BCUT2D eigenvalue weighted by atomic mass is 10.1. The standard InChI is InChI=1S/C14H21N3O3S/c1-9-4-5-11(16-13(18)14(2,3)15)8-12(9)21(19,20)17-10-6-7-10/h4-5,8,10,17H,6-7,15H2,1-3H3,(H,16,18). The van der Waals surface area contributed by atoms with E-state index in [9.17, 15) is 13.2 Å². The zero-order valence-electron chi connectivity index (χ0n) is 12.4. The van der Waals surface area contributed by atoms with Crippen LogP contribution in [0.15, 0.2) is 23.1 Å². The van der Waals surface area contributed by atoms with Gasteiger partial charge in [0.25, 0.3) is 0 Å². The van der Waals surface area contributed by atoms with Crippen LogP contribution in [-0.4, -0.2) is 25.9 Å². The Hall–Kier alpha value is -1.44. The highest BCUT2D eigenvalue weighted by atomic mass is 32.2. The van der Waals surface area contributed by atoms with Crippen molar-refractivity contribution in [1.82, 2.24) is 4.72 Å². The Morgan fingerprint density at radius 1 is 1.33 bits per heavy atom. The van der Waals surface area contributed by atoms with E-state index in [1.165, 1.54) is 6.07 Å². The number of anilines is 1. The van der Waals surface area contributed by atoms with E-state index in [1.54, 1.807) is 32.9 Å². The first-order valence-electron chi connectivity index (χ1n) is 6.83. The van der Waals surface area contributed by atoms with Crippen molar-refractivity contribution in [3.05, 3.63) is 23.8 Å². The van der Waals surface area contributed by atoms with Crippen LogP contribution in [0.5, 0.6) is 0 Å². The van der Waals surface area contributed by atoms with Gasteiger partial charge in [-0.25, -0.2) is 13.1 Å². The Kier molecular flexibility index (Phi) is 4.10. The predicted octanol–water partition coefficient (Wildman–Crippen LogP) is 1.11. The molecule has 7 heteroatoms. The summed E-state index contributed by atoms with van der Waals surface area (Å²) in [7, 11) is -3.55. The van der Waals surface area contributed by atoms with Crippen molar-refractivity contribution in [1.29, 1.82) is 0 Å². The van der Waals surface area contributed by atoms with Gasteiger partial charge in [0.2, 0.25) is 15.9 Å². The van der Waals surface area contributed by atoms with Crippen LogP contribution in [0, 0.1) is 6.92 Å². The summed E-state index contributed by atoms with van der Waals surface area (Å²) in [5.74, 6) is -0.371. The smallest absolute Gasteiger partial charge is 0.243 e. The lowest BCUT2D eigenvalue weighted by molar-refractivity contribution is -0.120. The van der Waals surface area contributed by atoms with Crippen molar-refractivity contribution in [2.45, 2.75) is 50.1 Å². The molecule has 0 heterocycles. The van der Waals surface area contributed by atoms with Crippen LogP contribution in [-0.2, 0) is 14.8 Å². The number of hydrogen-bond donors (Lipinski definition) is 3. The summed E-state index contributed by atoms with van der Waals surface area (Å²) in [5, 5.41) is 2.63. The van der Waals surface area contributed by atoms with Crippen molar-refractivity contribution in [2.24, 2.45) is 5.73 Å². The average Bonchev–Trinajstić information content (AvgIpc) is 3.13. The third kappa shape index (κ3) is 4.03. The fourth-order valence-corrected chi connectivity index (χ4v) is 3.32. The lowest BCUT2D eigenvalue weighted by Crippen LogP contribution is -2.45. The number of carbonyl (C=O) groups excluding carboxylic acids is 1. The fourth-order valence-electron chi connectivity index (χ4n) is 1.74. The van der Waals surface area contributed by atoms with Gasteiger partial charge in [-0.15, -0.1) is 0 Å².